The summed E-state index contributed by atoms with van der Waals surface area (Å²) >= 11 is 0. The number of carbonyl (C=O) groups is 4. The zero-order valence-electron chi connectivity index (χ0n) is 37.7. The van der Waals surface area contributed by atoms with Crippen molar-refractivity contribution in [3.8, 4) is 22.5 Å². The summed E-state index contributed by atoms with van der Waals surface area (Å²) in [6.07, 6.45) is -6.82. The zero-order valence-corrected chi connectivity index (χ0v) is 38.5. The van der Waals surface area contributed by atoms with Gasteiger partial charge in [0.2, 0.25) is 0 Å². The number of hydrogen-bond donors (Lipinski definition) is 4. The number of carboxylic acids is 1. The summed E-state index contributed by atoms with van der Waals surface area (Å²) in [5.41, 5.74) is 4.90. The zero-order chi connectivity index (χ0) is 50.1. The number of nitrogens with zero attached hydrogens (tertiary/aromatic N) is 8. The number of likely N-dealkylation sites (tertiary alicyclic amines) is 2. The molecule has 4 aromatic heterocycles. The van der Waals surface area contributed by atoms with E-state index in [0.717, 1.165) is 29.4 Å². The summed E-state index contributed by atoms with van der Waals surface area (Å²) in [6.45, 7) is 10.9. The smallest absolute Gasteiger partial charge is 0.433 e. The standard InChI is InChI=1S/C22H25F3N4O4.C11H9F3N4.C10H17NO5.ClH/c1-21(2,3)33-20(32)29-9-8-17(31)19(29)16(30)6-5-14-10-15(28-12-27-14)13-4-7-18(26-11-13)22(23,24)25;12-11(13,14)10-2-1-7(5-16-10)9-3-8(4-15)17-6-18-9;1-10(2,3)16-9(15)11-5-4-6(12)7(11)8(13)14;/h4,7,10-12,17,19,31H,5-6,8-9H2,1-3H3;1-3,5-6H,4,15H2;6-7,12H,4-5H2,1-3H3,(H,13,14);1H/t17-,19+;;6-,7-;/m0.0./s1. The highest BCUT2D eigenvalue weighted by Gasteiger charge is 2.44. The van der Waals surface area contributed by atoms with Crippen LogP contribution in [0.25, 0.3) is 22.5 Å². The van der Waals surface area contributed by atoms with Crippen LogP contribution < -0.4 is 5.73 Å². The maximum Gasteiger partial charge on any atom is 0.433 e. The Morgan fingerprint density at radius 3 is 1.46 bits per heavy atom. The number of alkyl halides is 6. The molecule has 0 unspecified atom stereocenters. The third kappa shape index (κ3) is 16.3. The van der Waals surface area contributed by atoms with Crippen LogP contribution in [0.2, 0.25) is 0 Å². The van der Waals surface area contributed by atoms with E-state index in [4.69, 9.17) is 20.3 Å². The number of hydrogen-bond acceptors (Lipinski definition) is 15. The number of halogens is 7. The van der Waals surface area contributed by atoms with E-state index in [1.165, 1.54) is 29.7 Å². The minimum atomic E-state index is -4.53. The molecule has 2 aliphatic rings. The van der Waals surface area contributed by atoms with Crippen LogP contribution in [-0.2, 0) is 44.4 Å². The van der Waals surface area contributed by atoms with Gasteiger partial charge in [0, 0.05) is 55.3 Å². The van der Waals surface area contributed by atoms with Gasteiger partial charge in [-0.15, -0.1) is 12.4 Å². The lowest BCUT2D eigenvalue weighted by molar-refractivity contribution is -0.145. The topological polar surface area (TPSA) is 257 Å². The van der Waals surface area contributed by atoms with Crippen LogP contribution in [0, 0.1) is 0 Å². The van der Waals surface area contributed by atoms with Crippen molar-refractivity contribution in [1.29, 1.82) is 0 Å². The average molecular weight is 988 g/mol. The van der Waals surface area contributed by atoms with E-state index in [-0.39, 0.29) is 63.5 Å². The minimum Gasteiger partial charge on any atom is -0.480 e. The quantitative estimate of drug-likeness (QED) is 0.141. The molecule has 18 nitrogen and oxygen atoms in total. The van der Waals surface area contributed by atoms with Gasteiger partial charge in [0.05, 0.1) is 29.3 Å². The first-order valence-electron chi connectivity index (χ1n) is 20.6. The van der Waals surface area contributed by atoms with Crippen molar-refractivity contribution >= 4 is 36.3 Å². The molecular weight excluding hydrogens is 936 g/mol. The van der Waals surface area contributed by atoms with Crippen LogP contribution in [0.5, 0.6) is 0 Å². The number of carbonyl (C=O) groups excluding carboxylic acids is 3. The number of aliphatic carboxylic acids is 1. The van der Waals surface area contributed by atoms with Crippen LogP contribution in [0.1, 0.15) is 83.6 Å². The Morgan fingerprint density at radius 2 is 1.07 bits per heavy atom. The second kappa shape index (κ2) is 23.3. The largest absolute Gasteiger partial charge is 0.480 e. The first-order valence-corrected chi connectivity index (χ1v) is 20.6. The lowest BCUT2D eigenvalue weighted by Crippen LogP contribution is -2.47. The highest BCUT2D eigenvalue weighted by molar-refractivity contribution is 5.89. The molecule has 6 rings (SSSR count). The van der Waals surface area contributed by atoms with E-state index in [9.17, 15) is 55.7 Å². The van der Waals surface area contributed by atoms with Gasteiger partial charge in [-0.25, -0.2) is 34.3 Å². The fourth-order valence-electron chi connectivity index (χ4n) is 6.47. The molecule has 372 valence electrons. The fourth-order valence-corrected chi connectivity index (χ4v) is 6.47. The molecule has 0 radical (unpaired) electrons. The third-order valence-corrected chi connectivity index (χ3v) is 9.55. The van der Waals surface area contributed by atoms with Crippen molar-refractivity contribution < 1.29 is 70.3 Å². The molecule has 2 amide bonds. The van der Waals surface area contributed by atoms with Gasteiger partial charge in [0.15, 0.2) is 11.8 Å². The van der Waals surface area contributed by atoms with E-state index in [1.807, 2.05) is 0 Å². The van der Waals surface area contributed by atoms with Gasteiger partial charge >= 0.3 is 30.5 Å². The Kier molecular flexibility index (Phi) is 19.2. The Hall–Kier alpha value is -6.11. The second-order valence-corrected chi connectivity index (χ2v) is 17.1. The van der Waals surface area contributed by atoms with Gasteiger partial charge in [0.1, 0.15) is 41.3 Å². The summed E-state index contributed by atoms with van der Waals surface area (Å²) in [5, 5.41) is 28.6. The SMILES string of the molecule is CC(C)(C)OC(=O)N1CC[C@H](O)[C@H]1C(=O)CCc1cc(-c2ccc(C(F)(F)F)nc2)ncn1.CC(C)(C)OC(=O)N1CC[C@H](O)[C@H]1C(=O)O.Cl.NCc1cc(-c2ccc(C(F)(F)F)nc2)ncn1. The van der Waals surface area contributed by atoms with Gasteiger partial charge in [0.25, 0.3) is 0 Å². The first kappa shape index (κ1) is 56.2. The molecule has 6 heterocycles. The summed E-state index contributed by atoms with van der Waals surface area (Å²) in [4.78, 5) is 72.9. The maximum atomic E-state index is 12.8. The van der Waals surface area contributed by atoms with Gasteiger partial charge < -0.3 is 30.5 Å². The number of aryl methyl sites for hydroxylation is 1. The molecule has 0 aromatic carbocycles. The van der Waals surface area contributed by atoms with Gasteiger partial charge in [-0.3, -0.25) is 24.6 Å². The summed E-state index contributed by atoms with van der Waals surface area (Å²) in [5.74, 6) is -1.54. The van der Waals surface area contributed by atoms with Crippen LogP contribution in [0.4, 0.5) is 35.9 Å². The van der Waals surface area contributed by atoms with Crippen LogP contribution in [-0.4, -0.2) is 128 Å². The Morgan fingerprint density at radius 1 is 0.662 bits per heavy atom. The normalized spacial score (nSPS) is 18.3. The van der Waals surface area contributed by atoms with Crippen molar-refractivity contribution in [3.63, 3.8) is 0 Å². The molecule has 2 fully saturated rings. The Labute approximate surface area is 392 Å². The predicted octanol–water partition coefficient (Wildman–Crippen LogP) is 6.31. The second-order valence-electron chi connectivity index (χ2n) is 17.1. The third-order valence-electron chi connectivity index (χ3n) is 9.55. The van der Waals surface area contributed by atoms with Gasteiger partial charge in [-0.05, 0) is 97.2 Å². The van der Waals surface area contributed by atoms with E-state index in [1.54, 1.807) is 53.7 Å². The molecule has 25 heteroatoms. The summed E-state index contributed by atoms with van der Waals surface area (Å²) in [6, 6.07) is 5.35. The van der Waals surface area contributed by atoms with E-state index >= 15 is 0 Å². The lowest BCUT2D eigenvalue weighted by atomic mass is 10.0. The Bertz CT molecular complexity index is 2330. The van der Waals surface area contributed by atoms with Gasteiger partial charge in [-0.2, -0.15) is 26.3 Å². The van der Waals surface area contributed by atoms with Crippen molar-refractivity contribution in [1.82, 2.24) is 39.7 Å². The number of pyridine rings is 2. The monoisotopic (exact) mass is 987 g/mol. The summed E-state index contributed by atoms with van der Waals surface area (Å²) < 4.78 is 85.5. The predicted molar refractivity (Wildman–Crippen MR) is 231 cm³/mol. The first-order chi connectivity index (χ1) is 31.1. The van der Waals surface area contributed by atoms with Crippen molar-refractivity contribution in [3.05, 3.63) is 84.2 Å². The van der Waals surface area contributed by atoms with E-state index in [2.05, 4.69) is 29.9 Å². The average Bonchev–Trinajstić information content (AvgIpc) is 3.84. The number of rotatable bonds is 8. The molecule has 4 aromatic rings. The molecular formula is C43H52ClF6N9O9. The fraction of sp³-hybridized carbons (Fsp3) is 0.488. The molecule has 0 aliphatic carbocycles. The number of aliphatic hydroxyl groups excluding tert-OH is 2. The number of Topliss-reactive ketones (excluding diaryl/α,β-unsaturated/α-hetero) is 1. The highest BCUT2D eigenvalue weighted by atomic mass is 35.5. The van der Waals surface area contributed by atoms with Crippen molar-refractivity contribution in [2.45, 2.75) is 122 Å². The summed E-state index contributed by atoms with van der Waals surface area (Å²) in [7, 11) is 0. The molecule has 0 spiro atoms. The molecule has 4 atom stereocenters. The maximum absolute atomic E-state index is 12.8. The Balaban J connectivity index is 0.000000295. The highest BCUT2D eigenvalue weighted by Crippen LogP contribution is 2.30. The van der Waals surface area contributed by atoms with E-state index in [0.29, 0.717) is 33.9 Å². The van der Waals surface area contributed by atoms with Crippen molar-refractivity contribution in [2.75, 3.05) is 13.1 Å². The minimum absolute atomic E-state index is 0. The number of aromatic nitrogens is 6. The number of carboxylic acid groups (broad SMARTS) is 1. The van der Waals surface area contributed by atoms with Crippen molar-refractivity contribution in [2.24, 2.45) is 5.73 Å². The molecule has 0 bridgehead atoms. The molecule has 0 saturated carbocycles. The van der Waals surface area contributed by atoms with E-state index < -0.39 is 77.4 Å². The number of ether oxygens (including phenoxy) is 2. The number of aliphatic hydroxyl groups is 2. The number of ketones is 1. The molecule has 5 N–H and O–H groups in total. The molecule has 68 heavy (non-hydrogen) atoms. The van der Waals surface area contributed by atoms with Crippen LogP contribution in [0.15, 0.2) is 61.4 Å². The molecule has 2 aliphatic heterocycles. The van der Waals surface area contributed by atoms with Crippen LogP contribution in [0.3, 0.4) is 0 Å². The lowest BCUT2D eigenvalue weighted by Gasteiger charge is -2.28. The van der Waals surface area contributed by atoms with Crippen LogP contribution >= 0.6 is 12.4 Å². The number of amides is 2. The van der Waals surface area contributed by atoms with Gasteiger partial charge in [-0.1, -0.05) is 0 Å². The number of nitrogens with two attached hydrogens (primary N) is 1. The molecule has 2 saturated heterocycles.